The predicted molar refractivity (Wildman–Crippen MR) is 71.3 cm³/mol. The average Bonchev–Trinajstić information content (AvgIpc) is 2.46. The molecule has 0 atom stereocenters. The van der Waals surface area contributed by atoms with E-state index in [2.05, 4.69) is 15.6 Å². The van der Waals surface area contributed by atoms with E-state index in [1.54, 1.807) is 0 Å². The topological polar surface area (TPSA) is 88.7 Å². The van der Waals surface area contributed by atoms with Crippen molar-refractivity contribution in [3.63, 3.8) is 0 Å². The summed E-state index contributed by atoms with van der Waals surface area (Å²) in [6.45, 7) is 0.415. The first-order valence-corrected chi connectivity index (χ1v) is 5.91. The maximum Gasteiger partial charge on any atom is 0.246 e. The third-order valence-electron chi connectivity index (χ3n) is 2.31. The van der Waals surface area contributed by atoms with Crippen molar-refractivity contribution >= 4 is 17.6 Å². The van der Waals surface area contributed by atoms with Gasteiger partial charge in [-0.3, -0.25) is 4.79 Å². The van der Waals surface area contributed by atoms with Crippen LogP contribution in [0.1, 0.15) is 0 Å². The van der Waals surface area contributed by atoms with Gasteiger partial charge in [0, 0.05) is 13.7 Å². The third kappa shape index (κ3) is 5.30. The Morgan fingerprint density at radius 2 is 2.05 bits per heavy atom. The van der Waals surface area contributed by atoms with Crippen molar-refractivity contribution in [3.05, 3.63) is 29.6 Å². The van der Waals surface area contributed by atoms with Gasteiger partial charge in [0.05, 0.1) is 12.3 Å². The molecule has 1 amide bonds. The molecule has 0 aromatic heterocycles. The molecule has 0 saturated heterocycles. The van der Waals surface area contributed by atoms with Crippen LogP contribution in [0.2, 0.25) is 0 Å². The minimum atomic E-state index is -1.66. The molecule has 21 heavy (non-hydrogen) atoms. The maximum absolute atomic E-state index is 13.3. The highest BCUT2D eigenvalue weighted by Gasteiger charge is 2.14. The van der Waals surface area contributed by atoms with Crippen molar-refractivity contribution in [2.45, 2.75) is 0 Å². The van der Waals surface area contributed by atoms with Gasteiger partial charge in [-0.1, -0.05) is 0 Å². The Kier molecular flexibility index (Phi) is 6.47. The molecule has 6 nitrogen and oxygen atoms in total. The number of nitrogens with two attached hydrogens (primary N) is 1. The fraction of sp³-hybridized carbons (Fsp3) is 0.333. The second-order valence-electron chi connectivity index (χ2n) is 3.89. The van der Waals surface area contributed by atoms with E-state index in [-0.39, 0.29) is 5.96 Å². The molecule has 116 valence electrons. The molecule has 0 heterocycles. The van der Waals surface area contributed by atoms with Crippen molar-refractivity contribution in [3.8, 4) is 0 Å². The average molecular weight is 304 g/mol. The van der Waals surface area contributed by atoms with Crippen LogP contribution in [0.3, 0.4) is 0 Å². The standard InChI is InChI=1S/C12H15F3N4O2/c1-21-5-4-17-12(16)18-6-9(20)19-8-3-2-7(13)10(14)11(8)15/h2-3H,4-6H2,1H3,(H,19,20)(H3,16,17,18). The van der Waals surface area contributed by atoms with Crippen LogP contribution in [-0.2, 0) is 9.53 Å². The second kappa shape index (κ2) is 8.10. The van der Waals surface area contributed by atoms with E-state index in [9.17, 15) is 18.0 Å². The number of ether oxygens (including phenoxy) is 1. The van der Waals surface area contributed by atoms with E-state index >= 15 is 0 Å². The summed E-state index contributed by atoms with van der Waals surface area (Å²) in [5.41, 5.74) is 4.98. The third-order valence-corrected chi connectivity index (χ3v) is 2.31. The highest BCUT2D eigenvalue weighted by Crippen LogP contribution is 2.19. The Hall–Kier alpha value is -2.29. The molecular weight excluding hydrogens is 289 g/mol. The number of amides is 1. The molecule has 0 saturated carbocycles. The lowest BCUT2D eigenvalue weighted by Gasteiger charge is -2.07. The SMILES string of the molecule is COCCNC(N)=NCC(=O)Nc1ccc(F)c(F)c1F. The van der Waals surface area contributed by atoms with Gasteiger partial charge in [-0.05, 0) is 12.1 Å². The molecule has 1 aromatic rings. The number of carbonyl (C=O) groups is 1. The molecule has 0 aliphatic heterocycles. The van der Waals surface area contributed by atoms with Gasteiger partial charge in [-0.15, -0.1) is 0 Å². The molecule has 9 heteroatoms. The van der Waals surface area contributed by atoms with Gasteiger partial charge in [0.25, 0.3) is 0 Å². The van der Waals surface area contributed by atoms with Crippen LogP contribution in [0.5, 0.6) is 0 Å². The number of nitrogens with zero attached hydrogens (tertiary/aromatic N) is 1. The van der Waals surface area contributed by atoms with Crippen molar-refractivity contribution < 1.29 is 22.7 Å². The second-order valence-corrected chi connectivity index (χ2v) is 3.89. The summed E-state index contributed by atoms with van der Waals surface area (Å²) < 4.78 is 43.8. The Balaban J connectivity index is 2.54. The molecule has 4 N–H and O–H groups in total. The quantitative estimate of drug-likeness (QED) is 0.311. The summed E-state index contributed by atoms with van der Waals surface area (Å²) in [7, 11) is 1.51. The summed E-state index contributed by atoms with van der Waals surface area (Å²) in [5.74, 6) is -5.19. The molecule has 0 unspecified atom stereocenters. The molecule has 0 bridgehead atoms. The van der Waals surface area contributed by atoms with Gasteiger partial charge in [0.2, 0.25) is 5.91 Å². The molecule has 0 spiro atoms. The minimum absolute atomic E-state index is 0.00737. The Labute approximate surface area is 119 Å². The van der Waals surface area contributed by atoms with Crippen LogP contribution in [0.15, 0.2) is 17.1 Å². The van der Waals surface area contributed by atoms with Crippen LogP contribution >= 0.6 is 0 Å². The van der Waals surface area contributed by atoms with Crippen LogP contribution in [-0.4, -0.2) is 38.7 Å². The molecule has 0 aliphatic carbocycles. The number of methoxy groups -OCH3 is 1. The van der Waals surface area contributed by atoms with Gasteiger partial charge < -0.3 is 21.1 Å². The predicted octanol–water partition coefficient (Wildman–Crippen LogP) is 0.593. The maximum atomic E-state index is 13.3. The monoisotopic (exact) mass is 304 g/mol. The number of hydrogen-bond donors (Lipinski definition) is 3. The smallest absolute Gasteiger partial charge is 0.246 e. The number of halogens is 3. The van der Waals surface area contributed by atoms with E-state index in [4.69, 9.17) is 10.5 Å². The van der Waals surface area contributed by atoms with Gasteiger partial charge >= 0.3 is 0 Å². The van der Waals surface area contributed by atoms with Gasteiger partial charge in [0.15, 0.2) is 23.4 Å². The first kappa shape index (κ1) is 16.8. The van der Waals surface area contributed by atoms with Gasteiger partial charge in [-0.25, -0.2) is 18.2 Å². The summed E-state index contributed by atoms with van der Waals surface area (Å²) in [6, 6.07) is 1.62. The molecular formula is C12H15F3N4O2. The van der Waals surface area contributed by atoms with Crippen molar-refractivity contribution in [1.29, 1.82) is 0 Å². The number of hydrogen-bond acceptors (Lipinski definition) is 3. The molecule has 0 aliphatic rings. The first-order chi connectivity index (χ1) is 9.95. The lowest BCUT2D eigenvalue weighted by molar-refractivity contribution is -0.114. The Morgan fingerprint density at radius 1 is 1.33 bits per heavy atom. The molecule has 0 fully saturated rings. The van der Waals surface area contributed by atoms with Crippen molar-refractivity contribution in [2.24, 2.45) is 10.7 Å². The van der Waals surface area contributed by atoms with Crippen LogP contribution in [0, 0.1) is 17.5 Å². The molecule has 1 aromatic carbocycles. The van der Waals surface area contributed by atoms with E-state index in [0.29, 0.717) is 19.2 Å². The fourth-order valence-corrected chi connectivity index (χ4v) is 1.31. The molecule has 0 radical (unpaired) electrons. The summed E-state index contributed by atoms with van der Waals surface area (Å²) >= 11 is 0. The highest BCUT2D eigenvalue weighted by atomic mass is 19.2. The van der Waals surface area contributed by atoms with Crippen LogP contribution in [0.4, 0.5) is 18.9 Å². The normalized spacial score (nSPS) is 11.3. The lowest BCUT2D eigenvalue weighted by Crippen LogP contribution is -2.35. The Morgan fingerprint density at radius 3 is 2.71 bits per heavy atom. The zero-order valence-electron chi connectivity index (χ0n) is 11.3. The van der Waals surface area contributed by atoms with E-state index in [0.717, 1.165) is 6.07 Å². The lowest BCUT2D eigenvalue weighted by atomic mass is 10.3. The van der Waals surface area contributed by atoms with Gasteiger partial charge in [0.1, 0.15) is 6.54 Å². The fourth-order valence-electron chi connectivity index (χ4n) is 1.31. The van der Waals surface area contributed by atoms with Crippen LogP contribution in [0.25, 0.3) is 0 Å². The van der Waals surface area contributed by atoms with Crippen LogP contribution < -0.4 is 16.4 Å². The van der Waals surface area contributed by atoms with Crippen molar-refractivity contribution in [1.82, 2.24) is 5.32 Å². The number of anilines is 1. The number of nitrogens with one attached hydrogen (secondary N) is 2. The van der Waals surface area contributed by atoms with E-state index < -0.39 is 35.6 Å². The number of benzene rings is 1. The zero-order valence-corrected chi connectivity index (χ0v) is 11.3. The number of aliphatic imine (C=N–C) groups is 1. The minimum Gasteiger partial charge on any atom is -0.383 e. The number of carbonyl (C=O) groups excluding carboxylic acids is 1. The van der Waals surface area contributed by atoms with Crippen molar-refractivity contribution in [2.75, 3.05) is 32.1 Å². The van der Waals surface area contributed by atoms with E-state index in [1.807, 2.05) is 0 Å². The summed E-state index contributed by atoms with van der Waals surface area (Å²) in [4.78, 5) is 15.2. The zero-order chi connectivity index (χ0) is 15.8. The highest BCUT2D eigenvalue weighted by molar-refractivity contribution is 5.94. The Bertz CT molecular complexity index is 537. The van der Waals surface area contributed by atoms with E-state index in [1.165, 1.54) is 7.11 Å². The summed E-state index contributed by atoms with van der Waals surface area (Å²) in [6.07, 6.45) is 0. The number of guanidine groups is 1. The van der Waals surface area contributed by atoms with Gasteiger partial charge in [-0.2, -0.15) is 0 Å². The summed E-state index contributed by atoms with van der Waals surface area (Å²) in [5, 5.41) is 4.74. The first-order valence-electron chi connectivity index (χ1n) is 5.91. The largest absolute Gasteiger partial charge is 0.383 e. The number of rotatable bonds is 6. The molecule has 1 rings (SSSR count).